The third-order valence-electron chi connectivity index (χ3n) is 6.50. The van der Waals surface area contributed by atoms with Crippen molar-refractivity contribution in [2.45, 2.75) is 25.3 Å². The maximum absolute atomic E-state index is 12.9. The Morgan fingerprint density at radius 3 is 2.76 bits per heavy atom. The lowest BCUT2D eigenvalue weighted by atomic mass is 9.96. The first-order valence-corrected chi connectivity index (χ1v) is 12.2. The zero-order valence-corrected chi connectivity index (χ0v) is 19.8. The summed E-state index contributed by atoms with van der Waals surface area (Å²) >= 11 is 1.55. The standard InChI is InChI=1S/C26H25N5O2S/c1-30-11-10-22-23(16-30)34-26(28-22)29-24(32)20-4-2-3-19(13-20)21-9-12-31(15-21)25(33)18-7-5-17(14-27)6-8-18/h2-8,13,21H,9-12,15-16H2,1H3,(H,28,29,32). The molecule has 2 aromatic carbocycles. The lowest BCUT2D eigenvalue weighted by Gasteiger charge is -2.20. The van der Waals surface area contributed by atoms with Gasteiger partial charge < -0.3 is 9.80 Å². The topological polar surface area (TPSA) is 89.3 Å². The number of rotatable bonds is 4. The van der Waals surface area contributed by atoms with Gasteiger partial charge >= 0.3 is 0 Å². The summed E-state index contributed by atoms with van der Waals surface area (Å²) in [5, 5.41) is 12.6. The van der Waals surface area contributed by atoms with Crippen molar-refractivity contribution >= 4 is 28.3 Å². The van der Waals surface area contributed by atoms with Gasteiger partial charge in [0.2, 0.25) is 0 Å². The summed E-state index contributed by atoms with van der Waals surface area (Å²) < 4.78 is 0. The third kappa shape index (κ3) is 4.58. The van der Waals surface area contributed by atoms with Crippen LogP contribution in [0.2, 0.25) is 0 Å². The Morgan fingerprint density at radius 1 is 1.15 bits per heavy atom. The maximum Gasteiger partial charge on any atom is 0.257 e. The van der Waals surface area contributed by atoms with Crippen molar-refractivity contribution in [2.75, 3.05) is 32.0 Å². The molecule has 7 nitrogen and oxygen atoms in total. The molecule has 172 valence electrons. The highest BCUT2D eigenvalue weighted by Gasteiger charge is 2.28. The molecule has 1 unspecified atom stereocenters. The molecule has 0 bridgehead atoms. The number of hydrogen-bond donors (Lipinski definition) is 1. The van der Waals surface area contributed by atoms with Crippen LogP contribution in [0.1, 0.15) is 54.8 Å². The molecule has 3 heterocycles. The highest BCUT2D eigenvalue weighted by Crippen LogP contribution is 2.30. The molecule has 2 aliphatic heterocycles. The molecule has 8 heteroatoms. The molecule has 0 saturated carbocycles. The molecule has 1 fully saturated rings. The Balaban J connectivity index is 1.24. The fourth-order valence-corrected chi connectivity index (χ4v) is 5.65. The Morgan fingerprint density at radius 2 is 1.97 bits per heavy atom. The van der Waals surface area contributed by atoms with Gasteiger partial charge in [0, 0.05) is 54.5 Å². The second-order valence-corrected chi connectivity index (χ2v) is 9.97. The highest BCUT2D eigenvalue weighted by atomic mass is 32.1. The van der Waals surface area contributed by atoms with E-state index in [1.165, 1.54) is 4.88 Å². The summed E-state index contributed by atoms with van der Waals surface area (Å²) in [6.45, 7) is 3.13. The molecule has 1 saturated heterocycles. The van der Waals surface area contributed by atoms with Crippen LogP contribution in [0.15, 0.2) is 48.5 Å². The monoisotopic (exact) mass is 471 g/mol. The number of nitrogens with one attached hydrogen (secondary N) is 1. The van der Waals surface area contributed by atoms with Gasteiger partial charge in [-0.05, 0) is 55.4 Å². The van der Waals surface area contributed by atoms with Crippen LogP contribution in [0, 0.1) is 11.3 Å². The summed E-state index contributed by atoms with van der Waals surface area (Å²) in [7, 11) is 2.09. The number of fused-ring (bicyclic) bond motifs is 1. The number of anilines is 1. The zero-order chi connectivity index (χ0) is 23.7. The normalized spacial score (nSPS) is 17.8. The van der Waals surface area contributed by atoms with E-state index >= 15 is 0 Å². The van der Waals surface area contributed by atoms with Gasteiger partial charge in [-0.3, -0.25) is 14.9 Å². The second kappa shape index (κ2) is 9.37. The molecule has 0 radical (unpaired) electrons. The van der Waals surface area contributed by atoms with Crippen LogP contribution in [0.4, 0.5) is 5.13 Å². The van der Waals surface area contributed by atoms with Gasteiger partial charge in [-0.25, -0.2) is 4.98 Å². The molecule has 0 aliphatic carbocycles. The average Bonchev–Trinajstić information content (AvgIpc) is 3.50. The quantitative estimate of drug-likeness (QED) is 0.624. The van der Waals surface area contributed by atoms with Crippen molar-refractivity contribution < 1.29 is 9.59 Å². The number of nitriles is 1. The Bertz CT molecular complexity index is 1280. The van der Waals surface area contributed by atoms with Crippen LogP contribution in [-0.4, -0.2) is 53.3 Å². The van der Waals surface area contributed by atoms with Crippen molar-refractivity contribution in [2.24, 2.45) is 0 Å². The number of aromatic nitrogens is 1. The summed E-state index contributed by atoms with van der Waals surface area (Å²) in [5.74, 6) is -0.0122. The fraction of sp³-hybridized carbons (Fsp3) is 0.308. The van der Waals surface area contributed by atoms with Crippen LogP contribution >= 0.6 is 11.3 Å². The number of hydrogen-bond acceptors (Lipinski definition) is 6. The van der Waals surface area contributed by atoms with E-state index in [0.717, 1.165) is 37.2 Å². The van der Waals surface area contributed by atoms with E-state index in [-0.39, 0.29) is 17.7 Å². The molecule has 1 N–H and O–H groups in total. The largest absolute Gasteiger partial charge is 0.338 e. The number of benzene rings is 2. The van der Waals surface area contributed by atoms with E-state index < -0.39 is 0 Å². The van der Waals surface area contributed by atoms with Gasteiger partial charge in [0.05, 0.1) is 17.3 Å². The van der Waals surface area contributed by atoms with E-state index in [0.29, 0.717) is 34.9 Å². The summed E-state index contributed by atoms with van der Waals surface area (Å²) in [6, 6.07) is 16.5. The van der Waals surface area contributed by atoms with E-state index in [1.807, 2.05) is 29.2 Å². The zero-order valence-electron chi connectivity index (χ0n) is 19.0. The lowest BCUT2D eigenvalue weighted by Crippen LogP contribution is -2.28. The highest BCUT2D eigenvalue weighted by molar-refractivity contribution is 7.15. The molecule has 1 atom stereocenters. The van der Waals surface area contributed by atoms with Gasteiger partial charge in [-0.1, -0.05) is 12.1 Å². The lowest BCUT2D eigenvalue weighted by molar-refractivity contribution is 0.0790. The van der Waals surface area contributed by atoms with E-state index in [4.69, 9.17) is 5.26 Å². The maximum atomic E-state index is 12.9. The molecule has 2 aliphatic rings. The van der Waals surface area contributed by atoms with Gasteiger partial charge in [0.1, 0.15) is 0 Å². The summed E-state index contributed by atoms with van der Waals surface area (Å²) in [6.07, 6.45) is 1.76. The van der Waals surface area contributed by atoms with Crippen LogP contribution in [-0.2, 0) is 13.0 Å². The number of carbonyl (C=O) groups excluding carboxylic acids is 2. The smallest absolute Gasteiger partial charge is 0.257 e. The fourth-order valence-electron chi connectivity index (χ4n) is 4.57. The van der Waals surface area contributed by atoms with Crippen molar-refractivity contribution in [3.8, 4) is 6.07 Å². The van der Waals surface area contributed by atoms with Gasteiger partial charge in [-0.15, -0.1) is 11.3 Å². The number of likely N-dealkylation sites (N-methyl/N-ethyl adjacent to an activating group) is 1. The number of likely N-dealkylation sites (tertiary alicyclic amines) is 1. The van der Waals surface area contributed by atoms with Gasteiger partial charge in [0.15, 0.2) is 5.13 Å². The van der Waals surface area contributed by atoms with E-state index in [2.05, 4.69) is 28.3 Å². The second-order valence-electron chi connectivity index (χ2n) is 8.88. The van der Waals surface area contributed by atoms with Crippen LogP contribution in [0.5, 0.6) is 0 Å². The minimum Gasteiger partial charge on any atom is -0.338 e. The van der Waals surface area contributed by atoms with Crippen LogP contribution < -0.4 is 5.32 Å². The molecule has 3 aromatic rings. The molecule has 5 rings (SSSR count). The average molecular weight is 472 g/mol. The minimum atomic E-state index is -0.162. The van der Waals surface area contributed by atoms with Crippen LogP contribution in [0.3, 0.4) is 0 Å². The molecule has 34 heavy (non-hydrogen) atoms. The van der Waals surface area contributed by atoms with Crippen molar-refractivity contribution in [1.82, 2.24) is 14.8 Å². The molecular weight excluding hydrogens is 446 g/mol. The van der Waals surface area contributed by atoms with Gasteiger partial charge in [0.25, 0.3) is 11.8 Å². The minimum absolute atomic E-state index is 0.0285. The predicted molar refractivity (Wildman–Crippen MR) is 131 cm³/mol. The first-order valence-electron chi connectivity index (χ1n) is 11.4. The molecule has 0 spiro atoms. The molecule has 2 amide bonds. The van der Waals surface area contributed by atoms with Gasteiger partial charge in [-0.2, -0.15) is 5.26 Å². The Kier molecular flexibility index (Phi) is 6.14. The predicted octanol–water partition coefficient (Wildman–Crippen LogP) is 3.88. The summed E-state index contributed by atoms with van der Waals surface area (Å²) in [4.78, 5) is 35.7. The Hall–Kier alpha value is -3.54. The number of nitrogens with zero attached hydrogens (tertiary/aromatic N) is 4. The molecular formula is C26H25N5O2S. The third-order valence-corrected chi connectivity index (χ3v) is 7.50. The van der Waals surface area contributed by atoms with E-state index in [1.54, 1.807) is 35.6 Å². The van der Waals surface area contributed by atoms with Crippen molar-refractivity contribution in [3.05, 3.63) is 81.4 Å². The first-order chi connectivity index (χ1) is 16.5. The van der Waals surface area contributed by atoms with Crippen molar-refractivity contribution in [3.63, 3.8) is 0 Å². The number of thiazole rings is 1. The van der Waals surface area contributed by atoms with Crippen LogP contribution in [0.25, 0.3) is 0 Å². The Labute approximate surface area is 202 Å². The summed E-state index contributed by atoms with van der Waals surface area (Å²) in [5.41, 5.74) is 3.87. The van der Waals surface area contributed by atoms with Crippen molar-refractivity contribution in [1.29, 1.82) is 5.26 Å². The SMILES string of the molecule is CN1CCc2nc(NC(=O)c3cccc(C4CCN(C(=O)c5ccc(C#N)cc5)C4)c3)sc2C1. The number of amides is 2. The van der Waals surface area contributed by atoms with E-state index in [9.17, 15) is 9.59 Å². The molecule has 1 aromatic heterocycles. The first kappa shape index (κ1) is 22.3. The number of carbonyl (C=O) groups is 2.